The number of nitrogens with two attached hydrogens (primary N) is 1. The van der Waals surface area contributed by atoms with E-state index in [4.69, 9.17) is 10.5 Å². The molecule has 3 aliphatic rings. The van der Waals surface area contributed by atoms with Crippen LogP contribution in [0.4, 0.5) is 8.78 Å². The maximum Gasteiger partial charge on any atom is 0.227 e. The Hall–Kier alpha value is -1.99. The number of carbonyl (C=O) groups is 1. The SMILES string of the molecule is CC(C)CC(=O)N1CCCC2=C1CCN2[C@H]1CO[C@H](c2cc(F)ccc2F)[C@@H](N)C1. The molecule has 164 valence electrons. The van der Waals surface area contributed by atoms with E-state index in [1.165, 1.54) is 11.8 Å². The van der Waals surface area contributed by atoms with Crippen LogP contribution in [0.2, 0.25) is 0 Å². The van der Waals surface area contributed by atoms with Crippen molar-refractivity contribution >= 4 is 5.91 Å². The van der Waals surface area contributed by atoms with Gasteiger partial charge in [-0.3, -0.25) is 4.79 Å². The van der Waals surface area contributed by atoms with Gasteiger partial charge in [-0.2, -0.15) is 0 Å². The molecule has 30 heavy (non-hydrogen) atoms. The second kappa shape index (κ2) is 8.63. The molecule has 3 heterocycles. The topological polar surface area (TPSA) is 58.8 Å². The lowest BCUT2D eigenvalue weighted by Crippen LogP contribution is -2.48. The van der Waals surface area contributed by atoms with Crippen molar-refractivity contribution in [2.75, 3.05) is 19.7 Å². The highest BCUT2D eigenvalue weighted by Crippen LogP contribution is 2.39. The summed E-state index contributed by atoms with van der Waals surface area (Å²) in [5.74, 6) is -0.441. The van der Waals surface area contributed by atoms with E-state index in [-0.39, 0.29) is 17.5 Å². The molecule has 0 unspecified atom stereocenters. The van der Waals surface area contributed by atoms with Crippen molar-refractivity contribution in [1.29, 1.82) is 0 Å². The number of halogens is 2. The number of rotatable bonds is 4. The van der Waals surface area contributed by atoms with Crippen LogP contribution in [0.3, 0.4) is 0 Å². The summed E-state index contributed by atoms with van der Waals surface area (Å²) < 4.78 is 33.8. The highest BCUT2D eigenvalue weighted by atomic mass is 19.1. The van der Waals surface area contributed by atoms with Gasteiger partial charge in [-0.1, -0.05) is 13.8 Å². The first-order valence-electron chi connectivity index (χ1n) is 11.0. The van der Waals surface area contributed by atoms with Gasteiger partial charge in [0.1, 0.15) is 17.7 Å². The van der Waals surface area contributed by atoms with Crippen molar-refractivity contribution in [1.82, 2.24) is 9.80 Å². The van der Waals surface area contributed by atoms with Gasteiger partial charge < -0.3 is 20.3 Å². The highest BCUT2D eigenvalue weighted by Gasteiger charge is 2.39. The third-order valence-corrected chi connectivity index (χ3v) is 6.38. The lowest BCUT2D eigenvalue weighted by atomic mass is 9.93. The summed E-state index contributed by atoms with van der Waals surface area (Å²) in [5, 5.41) is 0. The Morgan fingerprint density at radius 2 is 2.03 bits per heavy atom. The second-order valence-electron chi connectivity index (χ2n) is 9.06. The van der Waals surface area contributed by atoms with Crippen molar-refractivity contribution in [3.63, 3.8) is 0 Å². The average molecular weight is 420 g/mol. The number of amides is 1. The number of ether oxygens (including phenoxy) is 1. The number of carbonyl (C=O) groups excluding carboxylic acids is 1. The molecule has 1 aromatic rings. The molecule has 2 N–H and O–H groups in total. The fraction of sp³-hybridized carbons (Fsp3) is 0.609. The Balaban J connectivity index is 1.48. The largest absolute Gasteiger partial charge is 0.370 e. The molecule has 3 aliphatic heterocycles. The summed E-state index contributed by atoms with van der Waals surface area (Å²) >= 11 is 0. The first kappa shape index (κ1) is 21.2. The Morgan fingerprint density at radius 1 is 1.23 bits per heavy atom. The zero-order chi connectivity index (χ0) is 21.4. The van der Waals surface area contributed by atoms with Gasteiger partial charge in [0.05, 0.1) is 12.6 Å². The normalized spacial score (nSPS) is 27.1. The summed E-state index contributed by atoms with van der Waals surface area (Å²) in [4.78, 5) is 17.0. The second-order valence-corrected chi connectivity index (χ2v) is 9.06. The number of benzene rings is 1. The minimum absolute atomic E-state index is 0.0838. The molecule has 1 aromatic carbocycles. The number of allylic oxidation sites excluding steroid dienone is 1. The zero-order valence-electron chi connectivity index (χ0n) is 17.7. The molecule has 1 saturated heterocycles. The van der Waals surface area contributed by atoms with Crippen LogP contribution in [0, 0.1) is 17.6 Å². The minimum Gasteiger partial charge on any atom is -0.370 e. The summed E-state index contributed by atoms with van der Waals surface area (Å²) in [6, 6.07) is 3.06. The first-order chi connectivity index (χ1) is 14.3. The van der Waals surface area contributed by atoms with Crippen LogP contribution in [0.5, 0.6) is 0 Å². The van der Waals surface area contributed by atoms with Gasteiger partial charge in [-0.25, -0.2) is 8.78 Å². The van der Waals surface area contributed by atoms with Crippen molar-refractivity contribution in [2.45, 2.75) is 64.1 Å². The van der Waals surface area contributed by atoms with Gasteiger partial charge in [0.25, 0.3) is 0 Å². The molecule has 1 fully saturated rings. The van der Waals surface area contributed by atoms with Crippen LogP contribution in [-0.2, 0) is 9.53 Å². The summed E-state index contributed by atoms with van der Waals surface area (Å²) in [5.41, 5.74) is 8.93. The summed E-state index contributed by atoms with van der Waals surface area (Å²) in [6.07, 6.45) is 3.31. The average Bonchev–Trinajstić information content (AvgIpc) is 3.13. The molecule has 5 nitrogen and oxygen atoms in total. The molecule has 0 aliphatic carbocycles. The molecule has 1 amide bonds. The van der Waals surface area contributed by atoms with Crippen LogP contribution in [0.15, 0.2) is 29.6 Å². The number of nitrogens with zero attached hydrogens (tertiary/aromatic N) is 2. The van der Waals surface area contributed by atoms with Crippen LogP contribution in [-0.4, -0.2) is 47.5 Å². The van der Waals surface area contributed by atoms with Gasteiger partial charge in [-0.05, 0) is 43.4 Å². The molecular formula is C23H31F2N3O2. The smallest absolute Gasteiger partial charge is 0.227 e. The fourth-order valence-corrected chi connectivity index (χ4v) is 5.04. The molecule has 0 saturated carbocycles. The van der Waals surface area contributed by atoms with Crippen molar-refractivity contribution in [3.05, 3.63) is 46.8 Å². The third-order valence-electron chi connectivity index (χ3n) is 6.38. The maximum absolute atomic E-state index is 14.2. The van der Waals surface area contributed by atoms with E-state index in [1.54, 1.807) is 0 Å². The highest BCUT2D eigenvalue weighted by molar-refractivity contribution is 5.78. The Labute approximate surface area is 176 Å². The van der Waals surface area contributed by atoms with Gasteiger partial charge >= 0.3 is 0 Å². The first-order valence-corrected chi connectivity index (χ1v) is 11.0. The Kier molecular flexibility index (Phi) is 6.11. The van der Waals surface area contributed by atoms with E-state index in [1.807, 2.05) is 4.90 Å². The van der Waals surface area contributed by atoms with Crippen molar-refractivity contribution in [3.8, 4) is 0 Å². The lowest BCUT2D eigenvalue weighted by molar-refractivity contribution is -0.130. The van der Waals surface area contributed by atoms with Gasteiger partial charge in [0.15, 0.2) is 0 Å². The van der Waals surface area contributed by atoms with E-state index in [9.17, 15) is 13.6 Å². The van der Waals surface area contributed by atoms with E-state index in [0.717, 1.165) is 50.2 Å². The molecule has 4 rings (SSSR count). The van der Waals surface area contributed by atoms with Crippen LogP contribution in [0.1, 0.15) is 57.6 Å². The van der Waals surface area contributed by atoms with Gasteiger partial charge in [-0.15, -0.1) is 0 Å². The van der Waals surface area contributed by atoms with Gasteiger partial charge in [0.2, 0.25) is 5.91 Å². The molecule has 0 spiro atoms. The molecule has 0 aromatic heterocycles. The van der Waals surface area contributed by atoms with E-state index < -0.39 is 23.8 Å². The van der Waals surface area contributed by atoms with Crippen LogP contribution >= 0.6 is 0 Å². The molecule has 0 bridgehead atoms. The molecular weight excluding hydrogens is 388 g/mol. The minimum atomic E-state index is -0.650. The Bertz CT molecular complexity index is 842. The Morgan fingerprint density at radius 3 is 2.77 bits per heavy atom. The monoisotopic (exact) mass is 419 g/mol. The van der Waals surface area contributed by atoms with Crippen molar-refractivity contribution in [2.24, 2.45) is 11.7 Å². The van der Waals surface area contributed by atoms with Crippen LogP contribution < -0.4 is 5.73 Å². The number of hydrogen-bond donors (Lipinski definition) is 1. The standard InChI is InChI=1S/C23H31F2N3O2/c1-14(2)10-22(29)28-8-3-4-20-21(28)7-9-27(20)16-12-19(26)23(30-13-16)17-11-15(24)5-6-18(17)25/h5-6,11,14,16,19,23H,3-4,7-10,12-13,26H2,1-2H3/t16-,19+,23-/m1/s1. The predicted octanol–water partition coefficient (Wildman–Crippen LogP) is 3.71. The summed E-state index contributed by atoms with van der Waals surface area (Å²) in [7, 11) is 0. The zero-order valence-corrected chi connectivity index (χ0v) is 17.7. The molecule has 0 radical (unpaired) electrons. The quantitative estimate of drug-likeness (QED) is 0.808. The predicted molar refractivity (Wildman–Crippen MR) is 110 cm³/mol. The molecule has 7 heteroatoms. The van der Waals surface area contributed by atoms with E-state index in [2.05, 4.69) is 18.7 Å². The molecule has 3 atom stereocenters. The summed E-state index contributed by atoms with van der Waals surface area (Å²) in [6.45, 7) is 6.17. The van der Waals surface area contributed by atoms with Crippen LogP contribution in [0.25, 0.3) is 0 Å². The van der Waals surface area contributed by atoms with E-state index in [0.29, 0.717) is 25.4 Å². The third kappa shape index (κ3) is 4.10. The van der Waals surface area contributed by atoms with E-state index >= 15 is 0 Å². The number of hydrogen-bond acceptors (Lipinski definition) is 4. The lowest BCUT2D eigenvalue weighted by Gasteiger charge is -2.41. The van der Waals surface area contributed by atoms with Crippen molar-refractivity contribution < 1.29 is 18.3 Å². The maximum atomic E-state index is 14.2. The fourth-order valence-electron chi connectivity index (χ4n) is 5.04. The van der Waals surface area contributed by atoms with Gasteiger partial charge in [0, 0.05) is 48.9 Å².